The van der Waals surface area contributed by atoms with Crippen LogP contribution in [0.5, 0.6) is 0 Å². The Bertz CT molecular complexity index is 1340. The van der Waals surface area contributed by atoms with Crippen LogP contribution in [-0.4, -0.2) is 172 Å². The number of amides is 2. The molecule has 1 unspecified atom stereocenters. The minimum Gasteiger partial charge on any atom is -0.394 e. The van der Waals surface area contributed by atoms with Gasteiger partial charge in [0.15, 0.2) is 6.29 Å². The van der Waals surface area contributed by atoms with Gasteiger partial charge in [0.1, 0.15) is 53.3 Å². The first-order valence-electron chi connectivity index (χ1n) is 22.9. The summed E-state index contributed by atoms with van der Waals surface area (Å²) in [5, 5.41) is 35.4. The van der Waals surface area contributed by atoms with Crippen molar-refractivity contribution >= 4 is 40.7 Å². The molecule has 0 spiro atoms. The molecule has 0 radical (unpaired) electrons. The van der Waals surface area contributed by atoms with Crippen molar-refractivity contribution in [2.45, 2.75) is 167 Å². The second kappa shape index (κ2) is 36.1. The number of Topliss-reactive ketones (excluding diaryl/α,β-unsaturated/α-hetero) is 5. The molecule has 0 bridgehead atoms. The summed E-state index contributed by atoms with van der Waals surface area (Å²) in [5.41, 5.74) is -1.04. The van der Waals surface area contributed by atoms with Gasteiger partial charge in [-0.25, -0.2) is 0 Å². The number of hydrogen-bond donors (Lipinski definition) is 5. The summed E-state index contributed by atoms with van der Waals surface area (Å²) in [6, 6.07) is -1.04. The molecule has 1 saturated heterocycles. The van der Waals surface area contributed by atoms with Crippen LogP contribution in [-0.2, 0) is 66.7 Å². The lowest BCUT2D eigenvalue weighted by molar-refractivity contribution is -0.272. The maximum atomic E-state index is 13.4. The van der Waals surface area contributed by atoms with Gasteiger partial charge in [-0.3, -0.25) is 28.8 Å². The molecule has 0 saturated carbocycles. The summed E-state index contributed by atoms with van der Waals surface area (Å²) in [5.74, 6) is -1.30. The fraction of sp³-hybridized carbons (Fsp3) is 0.844. The van der Waals surface area contributed by atoms with Crippen molar-refractivity contribution in [2.24, 2.45) is 0 Å². The Labute approximate surface area is 378 Å². The van der Waals surface area contributed by atoms with Crippen LogP contribution in [0.15, 0.2) is 0 Å². The van der Waals surface area contributed by atoms with E-state index in [2.05, 4.69) is 10.6 Å². The number of rotatable bonds is 42. The number of aliphatic hydroxyl groups excluding tert-OH is 3. The molecule has 19 heteroatoms. The Balaban J connectivity index is 2.63. The summed E-state index contributed by atoms with van der Waals surface area (Å²) >= 11 is 0. The molecular weight excluding hydrogens is 840 g/mol. The van der Waals surface area contributed by atoms with Gasteiger partial charge in [0.25, 0.3) is 0 Å². The molecule has 5 atom stereocenters. The maximum absolute atomic E-state index is 13.4. The molecule has 0 aromatic heterocycles. The van der Waals surface area contributed by atoms with E-state index in [1.165, 1.54) is 13.8 Å². The Morgan fingerprint density at radius 2 is 0.984 bits per heavy atom. The lowest BCUT2D eigenvalue weighted by Gasteiger charge is -2.42. The molecule has 19 nitrogen and oxygen atoms in total. The molecule has 0 aromatic carbocycles. The van der Waals surface area contributed by atoms with Crippen LogP contribution in [0.2, 0.25) is 0 Å². The van der Waals surface area contributed by atoms with Crippen LogP contribution < -0.4 is 10.6 Å². The van der Waals surface area contributed by atoms with Crippen LogP contribution in [0, 0.1) is 0 Å². The third-order valence-electron chi connectivity index (χ3n) is 10.6. The molecule has 1 rings (SSSR count). The van der Waals surface area contributed by atoms with Gasteiger partial charge in [-0.2, -0.15) is 0 Å². The monoisotopic (exact) mass is 919 g/mol. The molecule has 1 aliphatic heterocycles. The predicted molar refractivity (Wildman–Crippen MR) is 232 cm³/mol. The zero-order valence-corrected chi connectivity index (χ0v) is 38.7. The SMILES string of the molecule is CCOCCCC(=O)CCC(CCC(=O)CCCOCC)(CCC(=O)CCCOCCOCCOCCOC1O[C@H](CO)[C@H](O)[C@H](O)[C@H]1NC(C)=O)NC(=O)CCC(=O)CCC(C)=O. The predicted octanol–water partition coefficient (Wildman–Crippen LogP) is 2.03. The molecule has 0 aliphatic carbocycles. The first kappa shape index (κ1) is 58.9. The molecule has 1 aliphatic rings. The minimum atomic E-state index is -1.41. The lowest BCUT2D eigenvalue weighted by atomic mass is 9.81. The number of hydrogen-bond acceptors (Lipinski definition) is 17. The number of carbonyl (C=O) groups is 7. The van der Waals surface area contributed by atoms with E-state index in [0.717, 1.165) is 0 Å². The van der Waals surface area contributed by atoms with Gasteiger partial charge in [-0.1, -0.05) is 0 Å². The van der Waals surface area contributed by atoms with Gasteiger partial charge < -0.3 is 63.9 Å². The van der Waals surface area contributed by atoms with E-state index in [0.29, 0.717) is 65.1 Å². The average Bonchev–Trinajstić information content (AvgIpc) is 3.26. The van der Waals surface area contributed by atoms with E-state index in [1.54, 1.807) is 0 Å². The highest BCUT2D eigenvalue weighted by molar-refractivity contribution is 5.88. The standard InChI is InChI=1S/C45H78N2O17/c1-5-58-23-7-10-35(51)17-20-45(21-18-36(52)11-8-24-59-6-2,47-40(55)16-15-38(54)14-13-33(3)49)22-19-37(53)12-9-25-60-26-27-61-28-29-62-30-31-63-44-41(46-34(4)50)43(57)42(56)39(32-48)64-44/h39,41-44,48,56-57H,5-32H2,1-4H3,(H,46,50)(H,47,55)/t39-,41-,42+,43-,44?/m1/s1. The van der Waals surface area contributed by atoms with Crippen molar-refractivity contribution < 1.29 is 82.0 Å². The number of aliphatic hydroxyl groups is 3. The average molecular weight is 919 g/mol. The van der Waals surface area contributed by atoms with Crippen molar-refractivity contribution in [1.29, 1.82) is 0 Å². The molecule has 370 valence electrons. The van der Waals surface area contributed by atoms with Crippen LogP contribution >= 0.6 is 0 Å². The third kappa shape index (κ3) is 28.0. The van der Waals surface area contributed by atoms with Gasteiger partial charge in [0.05, 0.1) is 46.2 Å². The fourth-order valence-electron chi connectivity index (χ4n) is 6.91. The lowest BCUT2D eigenvalue weighted by Crippen LogP contribution is -2.64. The first-order valence-corrected chi connectivity index (χ1v) is 22.9. The molecular formula is C45H78N2O17. The number of ether oxygens (including phenoxy) is 7. The highest BCUT2D eigenvalue weighted by Crippen LogP contribution is 2.28. The van der Waals surface area contributed by atoms with Crippen molar-refractivity contribution in [1.82, 2.24) is 10.6 Å². The van der Waals surface area contributed by atoms with E-state index in [9.17, 15) is 48.9 Å². The molecule has 5 N–H and O–H groups in total. The first-order chi connectivity index (χ1) is 30.7. The Kier molecular flexibility index (Phi) is 33.2. The smallest absolute Gasteiger partial charge is 0.220 e. The van der Waals surface area contributed by atoms with Crippen molar-refractivity contribution in [3.63, 3.8) is 0 Å². The van der Waals surface area contributed by atoms with Gasteiger partial charge in [0, 0.05) is 110 Å². The summed E-state index contributed by atoms with van der Waals surface area (Å²) in [6.07, 6.45) is -1.62. The summed E-state index contributed by atoms with van der Waals surface area (Å²) in [4.78, 5) is 87.7. The third-order valence-corrected chi connectivity index (χ3v) is 10.6. The number of nitrogens with one attached hydrogen (secondary N) is 2. The van der Waals surface area contributed by atoms with Crippen LogP contribution in [0.25, 0.3) is 0 Å². The zero-order chi connectivity index (χ0) is 47.6. The highest BCUT2D eigenvalue weighted by Gasteiger charge is 2.45. The molecule has 1 heterocycles. The molecule has 2 amide bonds. The maximum Gasteiger partial charge on any atom is 0.220 e. The molecule has 0 aromatic rings. The molecule has 1 fully saturated rings. The summed E-state index contributed by atoms with van der Waals surface area (Å²) in [6.45, 7) is 9.40. The van der Waals surface area contributed by atoms with Crippen molar-refractivity contribution in [2.75, 3.05) is 79.3 Å². The fourth-order valence-corrected chi connectivity index (χ4v) is 6.91. The van der Waals surface area contributed by atoms with Crippen molar-refractivity contribution in [3.8, 4) is 0 Å². The highest BCUT2D eigenvalue weighted by atomic mass is 16.7. The van der Waals surface area contributed by atoms with E-state index in [1.807, 2.05) is 13.8 Å². The quantitative estimate of drug-likeness (QED) is 0.0548. The Hall–Kier alpha value is -3.11. The van der Waals surface area contributed by atoms with Gasteiger partial charge in [0.2, 0.25) is 11.8 Å². The Morgan fingerprint density at radius 3 is 1.44 bits per heavy atom. The topological polar surface area (TPSA) is 269 Å². The second-order valence-corrected chi connectivity index (χ2v) is 16.0. The minimum absolute atomic E-state index is 0.0159. The zero-order valence-electron chi connectivity index (χ0n) is 38.7. The number of ketones is 5. The summed E-state index contributed by atoms with van der Waals surface area (Å²) in [7, 11) is 0. The van der Waals surface area contributed by atoms with E-state index in [4.69, 9.17) is 33.2 Å². The largest absolute Gasteiger partial charge is 0.394 e. The van der Waals surface area contributed by atoms with E-state index >= 15 is 0 Å². The van der Waals surface area contributed by atoms with Crippen LogP contribution in [0.4, 0.5) is 0 Å². The van der Waals surface area contributed by atoms with Crippen molar-refractivity contribution in [3.05, 3.63) is 0 Å². The Morgan fingerprint density at radius 1 is 0.547 bits per heavy atom. The van der Waals surface area contributed by atoms with E-state index < -0.39 is 54.6 Å². The van der Waals surface area contributed by atoms with Crippen LogP contribution in [0.1, 0.15) is 130 Å². The van der Waals surface area contributed by atoms with Gasteiger partial charge in [-0.15, -0.1) is 0 Å². The van der Waals surface area contributed by atoms with Crippen LogP contribution in [0.3, 0.4) is 0 Å². The van der Waals surface area contributed by atoms with E-state index in [-0.39, 0.29) is 139 Å². The van der Waals surface area contributed by atoms with Gasteiger partial charge >= 0.3 is 0 Å². The normalized spacial score (nSPS) is 18.7. The number of carbonyl (C=O) groups excluding carboxylic acids is 7. The summed E-state index contributed by atoms with van der Waals surface area (Å²) < 4.78 is 38.5. The molecule has 64 heavy (non-hydrogen) atoms. The second-order valence-electron chi connectivity index (χ2n) is 16.0. The van der Waals surface area contributed by atoms with Gasteiger partial charge in [-0.05, 0) is 59.3 Å².